The van der Waals surface area contributed by atoms with Gasteiger partial charge < -0.3 is 16.0 Å². The van der Waals surface area contributed by atoms with Crippen LogP contribution in [0.3, 0.4) is 0 Å². The highest BCUT2D eigenvalue weighted by Gasteiger charge is 2.54. The van der Waals surface area contributed by atoms with E-state index in [2.05, 4.69) is 46.2 Å². The Hall–Kier alpha value is -2.60. The van der Waals surface area contributed by atoms with E-state index in [1.807, 2.05) is 12.1 Å². The number of benzene rings is 1. The number of fused-ring (bicyclic) bond motifs is 1. The molecule has 3 aliphatic rings. The molecule has 0 amide bonds. The minimum atomic E-state index is -0.197. The van der Waals surface area contributed by atoms with Crippen molar-refractivity contribution in [3.05, 3.63) is 57.5 Å². The van der Waals surface area contributed by atoms with Crippen LogP contribution in [0.2, 0.25) is 0 Å². The molecule has 0 bridgehead atoms. The highest BCUT2D eigenvalue weighted by atomic mass is 16.1. The molecule has 1 unspecified atom stereocenters. The van der Waals surface area contributed by atoms with Crippen LogP contribution in [-0.4, -0.2) is 27.8 Å². The Balaban J connectivity index is 1.39. The fourth-order valence-electron chi connectivity index (χ4n) is 5.44. The summed E-state index contributed by atoms with van der Waals surface area (Å²) in [6.07, 6.45) is 9.43. The topological polar surface area (TPSA) is 86.5 Å². The Kier molecular flexibility index (Phi) is 5.13. The van der Waals surface area contributed by atoms with Gasteiger partial charge in [0.25, 0.3) is 5.56 Å². The summed E-state index contributed by atoms with van der Waals surface area (Å²) >= 11 is 0. The number of hydrogen-bond acceptors (Lipinski definition) is 4. The minimum absolute atomic E-state index is 0.197. The summed E-state index contributed by atoms with van der Waals surface area (Å²) in [5, 5.41) is 3.62. The summed E-state index contributed by atoms with van der Waals surface area (Å²) in [7, 11) is 0. The lowest BCUT2D eigenvalue weighted by Gasteiger charge is -2.23. The molecule has 1 atom stereocenters. The Morgan fingerprint density at radius 3 is 2.74 bits per heavy atom. The molecular formula is C25H33N5O. The number of aromatic nitrogens is 1. The summed E-state index contributed by atoms with van der Waals surface area (Å²) in [5.41, 5.74) is 11.3. The second-order valence-corrected chi connectivity index (χ2v) is 9.87. The highest BCUT2D eigenvalue weighted by Crippen LogP contribution is 2.57. The number of rotatable bonds is 5. The van der Waals surface area contributed by atoms with Gasteiger partial charge in [-0.15, -0.1) is 0 Å². The average Bonchev–Trinajstić information content (AvgIpc) is 3.19. The van der Waals surface area contributed by atoms with Gasteiger partial charge >= 0.3 is 0 Å². The number of nitrogens with one attached hydrogen (secondary N) is 2. The van der Waals surface area contributed by atoms with Crippen molar-refractivity contribution in [3.8, 4) is 0 Å². The number of aliphatic imine (C=N–C) groups is 1. The first-order chi connectivity index (χ1) is 14.9. The molecule has 2 aliphatic carbocycles. The Morgan fingerprint density at radius 2 is 1.97 bits per heavy atom. The minimum Gasteiger partial charge on any atom is -0.383 e. The number of anilines is 1. The van der Waals surface area contributed by atoms with Crippen LogP contribution in [0.1, 0.15) is 69.1 Å². The van der Waals surface area contributed by atoms with Crippen LogP contribution in [0.5, 0.6) is 0 Å². The van der Waals surface area contributed by atoms with Crippen molar-refractivity contribution in [3.63, 3.8) is 0 Å². The van der Waals surface area contributed by atoms with Gasteiger partial charge in [-0.05, 0) is 67.9 Å². The number of H-pyrrole nitrogens is 1. The molecule has 1 aromatic carbocycles. The molecule has 5 rings (SSSR count). The van der Waals surface area contributed by atoms with E-state index >= 15 is 0 Å². The molecule has 164 valence electrons. The van der Waals surface area contributed by atoms with Crippen LogP contribution in [-0.2, 0) is 13.1 Å². The zero-order valence-corrected chi connectivity index (χ0v) is 18.6. The van der Waals surface area contributed by atoms with Crippen molar-refractivity contribution in [2.45, 2.75) is 77.5 Å². The lowest BCUT2D eigenvalue weighted by Crippen LogP contribution is -2.27. The van der Waals surface area contributed by atoms with E-state index in [-0.39, 0.29) is 11.4 Å². The van der Waals surface area contributed by atoms with Crippen molar-refractivity contribution in [2.24, 2.45) is 16.1 Å². The number of hydrogen-bond donors (Lipinski definition) is 3. The van der Waals surface area contributed by atoms with Crippen molar-refractivity contribution in [1.29, 1.82) is 0 Å². The van der Waals surface area contributed by atoms with E-state index < -0.39 is 0 Å². The van der Waals surface area contributed by atoms with E-state index in [4.69, 9.17) is 5.73 Å². The molecule has 2 fully saturated rings. The predicted octanol–water partition coefficient (Wildman–Crippen LogP) is 4.27. The average molecular weight is 420 g/mol. The SMILES string of the molecule is CC(C)N1Cc2ccc(N=C(N)c3c(NC4CC45CCCCC5)cc[nH]c3=O)cc2C1. The molecule has 1 aliphatic heterocycles. The lowest BCUT2D eigenvalue weighted by molar-refractivity contribution is 0.227. The number of pyridine rings is 1. The molecule has 0 radical (unpaired) electrons. The zero-order chi connectivity index (χ0) is 21.6. The van der Waals surface area contributed by atoms with Gasteiger partial charge in [0.15, 0.2) is 0 Å². The van der Waals surface area contributed by atoms with Crippen LogP contribution in [0.4, 0.5) is 11.4 Å². The molecule has 2 saturated carbocycles. The maximum Gasteiger partial charge on any atom is 0.261 e. The van der Waals surface area contributed by atoms with Gasteiger partial charge in [0.05, 0.1) is 11.4 Å². The second-order valence-electron chi connectivity index (χ2n) is 9.87. The molecule has 31 heavy (non-hydrogen) atoms. The predicted molar refractivity (Wildman–Crippen MR) is 126 cm³/mol. The summed E-state index contributed by atoms with van der Waals surface area (Å²) in [5.74, 6) is 0.265. The first kappa shape index (κ1) is 20.3. The van der Waals surface area contributed by atoms with Crippen LogP contribution in [0, 0.1) is 5.41 Å². The fourth-order valence-corrected chi connectivity index (χ4v) is 5.44. The molecule has 1 spiro atoms. The van der Waals surface area contributed by atoms with Gasteiger partial charge in [-0.3, -0.25) is 9.69 Å². The Morgan fingerprint density at radius 1 is 1.19 bits per heavy atom. The zero-order valence-electron chi connectivity index (χ0n) is 18.6. The van der Waals surface area contributed by atoms with Crippen molar-refractivity contribution < 1.29 is 0 Å². The van der Waals surface area contributed by atoms with Gasteiger partial charge in [0, 0.05) is 31.4 Å². The quantitative estimate of drug-likeness (QED) is 0.499. The van der Waals surface area contributed by atoms with E-state index in [1.54, 1.807) is 6.20 Å². The molecule has 6 heteroatoms. The highest BCUT2D eigenvalue weighted by molar-refractivity contribution is 6.03. The van der Waals surface area contributed by atoms with Gasteiger partial charge in [-0.1, -0.05) is 25.3 Å². The van der Waals surface area contributed by atoms with Crippen LogP contribution in [0.25, 0.3) is 0 Å². The number of aromatic amines is 1. The fraction of sp³-hybridized carbons (Fsp3) is 0.520. The molecule has 2 heterocycles. The maximum absolute atomic E-state index is 12.7. The van der Waals surface area contributed by atoms with Crippen molar-refractivity contribution in [1.82, 2.24) is 9.88 Å². The summed E-state index contributed by atoms with van der Waals surface area (Å²) in [4.78, 5) is 22.5. The van der Waals surface area contributed by atoms with Crippen LogP contribution >= 0.6 is 0 Å². The van der Waals surface area contributed by atoms with E-state index in [1.165, 1.54) is 49.7 Å². The normalized spacial score (nSPS) is 22.7. The van der Waals surface area contributed by atoms with Crippen LogP contribution in [0.15, 0.2) is 40.2 Å². The summed E-state index contributed by atoms with van der Waals surface area (Å²) in [6, 6.07) is 9.09. The largest absolute Gasteiger partial charge is 0.383 e. The number of nitrogens with two attached hydrogens (primary N) is 1. The van der Waals surface area contributed by atoms with Crippen molar-refractivity contribution in [2.75, 3.05) is 5.32 Å². The van der Waals surface area contributed by atoms with Gasteiger partial charge in [-0.25, -0.2) is 4.99 Å². The number of amidine groups is 1. The maximum atomic E-state index is 12.7. The van der Waals surface area contributed by atoms with E-state index in [0.29, 0.717) is 23.1 Å². The first-order valence-electron chi connectivity index (χ1n) is 11.6. The molecule has 1 aromatic heterocycles. The van der Waals surface area contributed by atoms with Gasteiger partial charge in [0.2, 0.25) is 0 Å². The third-order valence-corrected chi connectivity index (χ3v) is 7.50. The monoisotopic (exact) mass is 419 g/mol. The van der Waals surface area contributed by atoms with Gasteiger partial charge in [-0.2, -0.15) is 0 Å². The molecular weight excluding hydrogens is 386 g/mol. The van der Waals surface area contributed by atoms with Crippen molar-refractivity contribution >= 4 is 17.2 Å². The summed E-state index contributed by atoms with van der Waals surface area (Å²) < 4.78 is 0. The number of nitrogens with zero attached hydrogens (tertiary/aromatic N) is 2. The Labute approximate surface area is 184 Å². The van der Waals surface area contributed by atoms with Crippen LogP contribution < -0.4 is 16.6 Å². The first-order valence-corrected chi connectivity index (χ1v) is 11.6. The smallest absolute Gasteiger partial charge is 0.261 e. The van der Waals surface area contributed by atoms with Gasteiger partial charge in [0.1, 0.15) is 11.4 Å². The standard InChI is InChI=1S/C25H33N5O/c1-16(2)30-14-17-6-7-19(12-18(17)15-30)28-23(26)22-20(8-11-27-24(22)31)29-21-13-25(21)9-4-3-5-10-25/h6-8,11-12,16,21H,3-5,9-10,13-15H2,1-2H3,(H2,26,28)(H2,27,29,31). The third-order valence-electron chi connectivity index (χ3n) is 7.50. The molecule has 2 aromatic rings. The second kappa shape index (κ2) is 7.83. The molecule has 6 nitrogen and oxygen atoms in total. The molecule has 0 saturated heterocycles. The van der Waals surface area contributed by atoms with E-state index in [9.17, 15) is 4.79 Å². The Bertz CT molecular complexity index is 1060. The lowest BCUT2D eigenvalue weighted by atomic mass is 9.85. The third kappa shape index (κ3) is 3.89. The summed E-state index contributed by atoms with van der Waals surface area (Å²) in [6.45, 7) is 6.34. The van der Waals surface area contributed by atoms with E-state index in [0.717, 1.165) is 24.5 Å². The molecule has 4 N–H and O–H groups in total.